The van der Waals surface area contributed by atoms with Crippen LogP contribution in [0.2, 0.25) is 0 Å². The lowest BCUT2D eigenvalue weighted by molar-refractivity contribution is -0.138. The Balaban J connectivity index is 1.68. The Labute approximate surface area is 117 Å². The van der Waals surface area contributed by atoms with Crippen LogP contribution in [-0.4, -0.2) is 35.1 Å². The summed E-state index contributed by atoms with van der Waals surface area (Å²) in [5.41, 5.74) is -0.0410. The molecule has 1 amide bonds. The molecular formula is C16H29NO2. The summed E-state index contributed by atoms with van der Waals surface area (Å²) >= 11 is 0. The number of rotatable bonds is 4. The van der Waals surface area contributed by atoms with Crippen LogP contribution in [0.15, 0.2) is 0 Å². The SMILES string of the molecule is CC1(C)CCN(C(=O)CCCC2CCCC2)CC1O. The van der Waals surface area contributed by atoms with Crippen molar-refractivity contribution in [2.45, 2.75) is 71.3 Å². The van der Waals surface area contributed by atoms with Crippen molar-refractivity contribution < 1.29 is 9.90 Å². The number of aliphatic hydroxyl groups is 1. The van der Waals surface area contributed by atoms with Gasteiger partial charge in [0.2, 0.25) is 5.91 Å². The first kappa shape index (κ1) is 14.8. The standard InChI is InChI=1S/C16H29NO2/c1-16(2)10-11-17(12-14(16)18)15(19)9-5-8-13-6-3-4-7-13/h13-14,18H,3-12H2,1-2H3. The maximum atomic E-state index is 12.1. The molecule has 1 aliphatic carbocycles. The summed E-state index contributed by atoms with van der Waals surface area (Å²) in [6.07, 6.45) is 8.94. The number of nitrogens with zero attached hydrogens (tertiary/aromatic N) is 1. The van der Waals surface area contributed by atoms with Gasteiger partial charge in [0.1, 0.15) is 0 Å². The summed E-state index contributed by atoms with van der Waals surface area (Å²) < 4.78 is 0. The lowest BCUT2D eigenvalue weighted by Gasteiger charge is -2.41. The molecule has 2 aliphatic rings. The van der Waals surface area contributed by atoms with E-state index in [4.69, 9.17) is 0 Å². The van der Waals surface area contributed by atoms with Gasteiger partial charge in [-0.15, -0.1) is 0 Å². The fraction of sp³-hybridized carbons (Fsp3) is 0.938. The predicted molar refractivity (Wildman–Crippen MR) is 76.8 cm³/mol. The van der Waals surface area contributed by atoms with E-state index in [-0.39, 0.29) is 17.4 Å². The number of piperidine rings is 1. The molecule has 0 spiro atoms. The van der Waals surface area contributed by atoms with Gasteiger partial charge in [-0.3, -0.25) is 4.79 Å². The molecule has 19 heavy (non-hydrogen) atoms. The lowest BCUT2D eigenvalue weighted by atomic mass is 9.80. The molecule has 1 N–H and O–H groups in total. The van der Waals surface area contributed by atoms with Gasteiger partial charge < -0.3 is 10.0 Å². The van der Waals surface area contributed by atoms with Crippen molar-refractivity contribution >= 4 is 5.91 Å². The van der Waals surface area contributed by atoms with Crippen LogP contribution in [-0.2, 0) is 4.79 Å². The molecule has 3 nitrogen and oxygen atoms in total. The largest absolute Gasteiger partial charge is 0.391 e. The van der Waals surface area contributed by atoms with E-state index >= 15 is 0 Å². The highest BCUT2D eigenvalue weighted by molar-refractivity contribution is 5.76. The second kappa shape index (κ2) is 6.25. The van der Waals surface area contributed by atoms with Gasteiger partial charge in [-0.2, -0.15) is 0 Å². The van der Waals surface area contributed by atoms with Crippen molar-refractivity contribution in [3.05, 3.63) is 0 Å². The number of carbonyl (C=O) groups is 1. The molecule has 1 saturated heterocycles. The van der Waals surface area contributed by atoms with E-state index < -0.39 is 0 Å². The molecular weight excluding hydrogens is 238 g/mol. The molecule has 0 bridgehead atoms. The zero-order valence-corrected chi connectivity index (χ0v) is 12.5. The van der Waals surface area contributed by atoms with Crippen molar-refractivity contribution in [3.8, 4) is 0 Å². The molecule has 0 aromatic carbocycles. The minimum atomic E-state index is -0.375. The number of carbonyl (C=O) groups excluding carboxylic acids is 1. The maximum absolute atomic E-state index is 12.1. The summed E-state index contributed by atoms with van der Waals surface area (Å²) in [7, 11) is 0. The molecule has 1 unspecified atom stereocenters. The number of hydrogen-bond donors (Lipinski definition) is 1. The van der Waals surface area contributed by atoms with E-state index in [9.17, 15) is 9.90 Å². The van der Waals surface area contributed by atoms with E-state index in [1.807, 2.05) is 4.90 Å². The second-order valence-electron chi connectivity index (χ2n) is 7.14. The molecule has 2 rings (SSSR count). The molecule has 1 aliphatic heterocycles. The summed E-state index contributed by atoms with van der Waals surface area (Å²) in [5.74, 6) is 1.12. The van der Waals surface area contributed by atoms with Crippen molar-refractivity contribution in [1.82, 2.24) is 4.90 Å². The normalized spacial score (nSPS) is 27.7. The Morgan fingerprint density at radius 3 is 2.63 bits per heavy atom. The molecule has 1 atom stereocenters. The van der Waals surface area contributed by atoms with Gasteiger partial charge in [-0.1, -0.05) is 39.5 Å². The number of likely N-dealkylation sites (tertiary alicyclic amines) is 1. The zero-order valence-electron chi connectivity index (χ0n) is 12.5. The average Bonchev–Trinajstić information content (AvgIpc) is 2.85. The van der Waals surface area contributed by atoms with Crippen molar-refractivity contribution in [3.63, 3.8) is 0 Å². The minimum Gasteiger partial charge on any atom is -0.391 e. The number of β-amino-alcohol motifs (C(OH)–C–C–N with tert-alkyl or cyclic N) is 1. The van der Waals surface area contributed by atoms with Crippen LogP contribution in [0.4, 0.5) is 0 Å². The molecule has 0 aromatic rings. The van der Waals surface area contributed by atoms with Crippen LogP contribution >= 0.6 is 0 Å². The Bertz CT molecular complexity index is 308. The first-order valence-electron chi connectivity index (χ1n) is 7.95. The van der Waals surface area contributed by atoms with Crippen LogP contribution < -0.4 is 0 Å². The summed E-state index contributed by atoms with van der Waals surface area (Å²) in [5, 5.41) is 10.1. The topological polar surface area (TPSA) is 40.5 Å². The van der Waals surface area contributed by atoms with Crippen molar-refractivity contribution in [1.29, 1.82) is 0 Å². The second-order valence-corrected chi connectivity index (χ2v) is 7.14. The van der Waals surface area contributed by atoms with Gasteiger partial charge in [0.15, 0.2) is 0 Å². The van der Waals surface area contributed by atoms with E-state index in [0.29, 0.717) is 13.0 Å². The molecule has 0 radical (unpaired) electrons. The third-order valence-corrected chi connectivity index (χ3v) is 5.15. The summed E-state index contributed by atoms with van der Waals surface area (Å²) in [4.78, 5) is 14.0. The molecule has 2 fully saturated rings. The molecule has 110 valence electrons. The van der Waals surface area contributed by atoms with E-state index in [1.54, 1.807) is 0 Å². The van der Waals surface area contributed by atoms with E-state index in [1.165, 1.54) is 32.1 Å². The Kier molecular flexibility index (Phi) is 4.88. The quantitative estimate of drug-likeness (QED) is 0.850. The fourth-order valence-corrected chi connectivity index (χ4v) is 3.36. The molecule has 0 aromatic heterocycles. The summed E-state index contributed by atoms with van der Waals surface area (Å²) in [6, 6.07) is 0. The van der Waals surface area contributed by atoms with E-state index in [0.717, 1.165) is 25.3 Å². The number of amides is 1. The van der Waals surface area contributed by atoms with E-state index in [2.05, 4.69) is 13.8 Å². The maximum Gasteiger partial charge on any atom is 0.222 e. The van der Waals surface area contributed by atoms with Crippen LogP contribution in [0.1, 0.15) is 65.2 Å². The Morgan fingerprint density at radius 2 is 2.00 bits per heavy atom. The Morgan fingerprint density at radius 1 is 1.32 bits per heavy atom. The predicted octanol–water partition coefficient (Wildman–Crippen LogP) is 2.97. The third-order valence-electron chi connectivity index (χ3n) is 5.15. The number of hydrogen-bond acceptors (Lipinski definition) is 2. The highest BCUT2D eigenvalue weighted by Crippen LogP contribution is 2.31. The molecule has 1 heterocycles. The highest BCUT2D eigenvalue weighted by Gasteiger charge is 2.35. The first-order chi connectivity index (χ1) is 8.99. The van der Waals surface area contributed by atoms with Crippen LogP contribution in [0, 0.1) is 11.3 Å². The van der Waals surface area contributed by atoms with Gasteiger partial charge in [0.05, 0.1) is 6.10 Å². The van der Waals surface area contributed by atoms with Gasteiger partial charge in [0.25, 0.3) is 0 Å². The third kappa shape index (κ3) is 3.95. The lowest BCUT2D eigenvalue weighted by Crippen LogP contribution is -2.50. The highest BCUT2D eigenvalue weighted by atomic mass is 16.3. The van der Waals surface area contributed by atoms with Gasteiger partial charge in [-0.25, -0.2) is 0 Å². The van der Waals surface area contributed by atoms with Crippen molar-refractivity contribution in [2.75, 3.05) is 13.1 Å². The summed E-state index contributed by atoms with van der Waals surface area (Å²) in [6.45, 7) is 5.50. The monoisotopic (exact) mass is 267 g/mol. The number of aliphatic hydroxyl groups excluding tert-OH is 1. The fourth-order valence-electron chi connectivity index (χ4n) is 3.36. The van der Waals surface area contributed by atoms with Crippen molar-refractivity contribution in [2.24, 2.45) is 11.3 Å². The average molecular weight is 267 g/mol. The minimum absolute atomic E-state index is 0.0410. The zero-order chi connectivity index (χ0) is 13.9. The van der Waals surface area contributed by atoms with Gasteiger partial charge >= 0.3 is 0 Å². The molecule has 1 saturated carbocycles. The van der Waals surface area contributed by atoms with Crippen LogP contribution in [0.25, 0.3) is 0 Å². The van der Waals surface area contributed by atoms with Crippen LogP contribution in [0.3, 0.4) is 0 Å². The first-order valence-corrected chi connectivity index (χ1v) is 7.95. The Hall–Kier alpha value is -0.570. The van der Waals surface area contributed by atoms with Crippen LogP contribution in [0.5, 0.6) is 0 Å². The smallest absolute Gasteiger partial charge is 0.222 e. The van der Waals surface area contributed by atoms with Gasteiger partial charge in [0, 0.05) is 19.5 Å². The van der Waals surface area contributed by atoms with Gasteiger partial charge in [-0.05, 0) is 30.6 Å². The molecule has 3 heteroatoms.